The summed E-state index contributed by atoms with van der Waals surface area (Å²) in [7, 11) is 3.31. The van der Waals surface area contributed by atoms with Gasteiger partial charge in [0.1, 0.15) is 11.5 Å². The van der Waals surface area contributed by atoms with Crippen LogP contribution in [0.25, 0.3) is 10.6 Å². The van der Waals surface area contributed by atoms with Crippen molar-refractivity contribution >= 4 is 27.8 Å². The van der Waals surface area contributed by atoms with E-state index in [2.05, 4.69) is 4.98 Å². The number of rotatable bonds is 5. The van der Waals surface area contributed by atoms with Crippen molar-refractivity contribution in [2.75, 3.05) is 20.0 Å². The van der Waals surface area contributed by atoms with E-state index in [9.17, 15) is 0 Å². The van der Waals surface area contributed by atoms with Gasteiger partial charge in [-0.05, 0) is 13.0 Å². The lowest BCUT2D eigenvalue weighted by Crippen LogP contribution is -1.95. The molecule has 0 aliphatic heterocycles. The average molecular weight is 347 g/mol. The van der Waals surface area contributed by atoms with Gasteiger partial charge >= 0.3 is 0 Å². The number of ether oxygens (including phenoxy) is 2. The standard InChI is InChI=1S/C16H17N3O2S2/c1-9-15(23-16(17)18-9)12-8-22-14(19-12)6-10-4-5-11(20-2)7-13(10)21-3/h4-5,7-8H,6H2,1-3H3,(H2,17,18). The summed E-state index contributed by atoms with van der Waals surface area (Å²) in [6.07, 6.45) is 0.713. The Balaban J connectivity index is 1.86. The fourth-order valence-electron chi connectivity index (χ4n) is 2.31. The molecule has 0 unspecified atom stereocenters. The molecule has 5 nitrogen and oxygen atoms in total. The number of nitrogens with zero attached hydrogens (tertiary/aromatic N) is 2. The summed E-state index contributed by atoms with van der Waals surface area (Å²) >= 11 is 3.10. The number of nitrogens with two attached hydrogens (primary N) is 1. The SMILES string of the molecule is COc1ccc(Cc2nc(-c3sc(N)nc3C)cs2)c(OC)c1. The van der Waals surface area contributed by atoms with Gasteiger partial charge in [-0.3, -0.25) is 0 Å². The van der Waals surface area contributed by atoms with E-state index in [1.807, 2.05) is 30.5 Å². The van der Waals surface area contributed by atoms with Gasteiger partial charge in [-0.15, -0.1) is 11.3 Å². The van der Waals surface area contributed by atoms with E-state index in [-0.39, 0.29) is 0 Å². The first-order chi connectivity index (χ1) is 11.1. The van der Waals surface area contributed by atoms with Crippen LogP contribution in [0.15, 0.2) is 23.6 Å². The van der Waals surface area contributed by atoms with Gasteiger partial charge in [-0.1, -0.05) is 17.4 Å². The monoisotopic (exact) mass is 347 g/mol. The zero-order valence-corrected chi connectivity index (χ0v) is 14.8. The molecule has 0 radical (unpaired) electrons. The molecule has 0 saturated heterocycles. The van der Waals surface area contributed by atoms with Crippen molar-refractivity contribution in [2.24, 2.45) is 0 Å². The molecule has 3 rings (SSSR count). The summed E-state index contributed by atoms with van der Waals surface area (Å²) in [6, 6.07) is 5.83. The van der Waals surface area contributed by atoms with Gasteiger partial charge in [0.05, 0.1) is 35.5 Å². The molecule has 0 saturated carbocycles. The Bertz CT molecular complexity index is 827. The maximum absolute atomic E-state index is 5.77. The lowest BCUT2D eigenvalue weighted by molar-refractivity contribution is 0.391. The number of methoxy groups -OCH3 is 2. The topological polar surface area (TPSA) is 70.3 Å². The van der Waals surface area contributed by atoms with Crippen LogP contribution in [-0.4, -0.2) is 24.2 Å². The molecule has 23 heavy (non-hydrogen) atoms. The van der Waals surface area contributed by atoms with Gasteiger partial charge in [-0.25, -0.2) is 9.97 Å². The number of thiazole rings is 2. The fourth-order valence-corrected chi connectivity index (χ4v) is 3.99. The highest BCUT2D eigenvalue weighted by Crippen LogP contribution is 2.33. The van der Waals surface area contributed by atoms with E-state index in [1.165, 1.54) is 11.3 Å². The third kappa shape index (κ3) is 3.30. The number of nitrogen functional groups attached to an aromatic ring is 1. The maximum atomic E-state index is 5.77. The third-order valence-corrected chi connectivity index (χ3v) is 5.29. The average Bonchev–Trinajstić information content (AvgIpc) is 3.13. The van der Waals surface area contributed by atoms with Crippen molar-refractivity contribution in [1.82, 2.24) is 9.97 Å². The van der Waals surface area contributed by atoms with E-state index in [1.54, 1.807) is 25.6 Å². The predicted octanol–water partition coefficient (Wildman–Crippen LogP) is 3.77. The molecule has 2 aromatic heterocycles. The molecular weight excluding hydrogens is 330 g/mol. The van der Waals surface area contributed by atoms with Crippen molar-refractivity contribution in [2.45, 2.75) is 13.3 Å². The highest BCUT2D eigenvalue weighted by molar-refractivity contribution is 7.19. The zero-order valence-electron chi connectivity index (χ0n) is 13.1. The minimum Gasteiger partial charge on any atom is -0.497 e. The summed E-state index contributed by atoms with van der Waals surface area (Å²) < 4.78 is 10.7. The first-order valence-corrected chi connectivity index (χ1v) is 8.69. The molecule has 1 aromatic carbocycles. The van der Waals surface area contributed by atoms with Gasteiger partial charge in [0, 0.05) is 23.4 Å². The Morgan fingerprint density at radius 1 is 1.17 bits per heavy atom. The van der Waals surface area contributed by atoms with Crippen LogP contribution in [0.2, 0.25) is 0 Å². The minimum absolute atomic E-state index is 0.573. The van der Waals surface area contributed by atoms with Crippen molar-refractivity contribution in [3.63, 3.8) is 0 Å². The Labute approximate surface area is 142 Å². The molecule has 2 heterocycles. The highest BCUT2D eigenvalue weighted by Gasteiger charge is 2.13. The molecule has 0 spiro atoms. The lowest BCUT2D eigenvalue weighted by atomic mass is 10.1. The minimum atomic E-state index is 0.573. The van der Waals surface area contributed by atoms with Crippen molar-refractivity contribution < 1.29 is 9.47 Å². The van der Waals surface area contributed by atoms with Crippen LogP contribution >= 0.6 is 22.7 Å². The van der Waals surface area contributed by atoms with E-state index >= 15 is 0 Å². The number of benzene rings is 1. The van der Waals surface area contributed by atoms with Gasteiger partial charge in [0.25, 0.3) is 0 Å². The molecule has 3 aromatic rings. The molecule has 0 atom stereocenters. The smallest absolute Gasteiger partial charge is 0.180 e. The first kappa shape index (κ1) is 15.8. The van der Waals surface area contributed by atoms with Crippen LogP contribution in [0.4, 0.5) is 5.13 Å². The normalized spacial score (nSPS) is 10.7. The molecule has 0 fully saturated rings. The predicted molar refractivity (Wildman–Crippen MR) is 94.7 cm³/mol. The van der Waals surface area contributed by atoms with Crippen LogP contribution in [0.3, 0.4) is 0 Å². The molecular formula is C16H17N3O2S2. The second-order valence-corrected chi connectivity index (χ2v) is 6.92. The van der Waals surface area contributed by atoms with Gasteiger partial charge < -0.3 is 15.2 Å². The number of hydrogen-bond acceptors (Lipinski definition) is 7. The Morgan fingerprint density at radius 3 is 2.65 bits per heavy atom. The summed E-state index contributed by atoms with van der Waals surface area (Å²) in [4.78, 5) is 10.0. The van der Waals surface area contributed by atoms with Gasteiger partial charge in [0.15, 0.2) is 5.13 Å². The Kier molecular flexibility index (Phi) is 4.49. The molecule has 0 bridgehead atoms. The number of anilines is 1. The second-order valence-electron chi connectivity index (χ2n) is 4.95. The van der Waals surface area contributed by atoms with Crippen LogP contribution in [0.5, 0.6) is 11.5 Å². The van der Waals surface area contributed by atoms with E-state index < -0.39 is 0 Å². The summed E-state index contributed by atoms with van der Waals surface area (Å²) in [6.45, 7) is 1.95. The van der Waals surface area contributed by atoms with Crippen molar-refractivity contribution in [3.05, 3.63) is 39.8 Å². The van der Waals surface area contributed by atoms with Gasteiger partial charge in [-0.2, -0.15) is 0 Å². The molecule has 120 valence electrons. The fraction of sp³-hybridized carbons (Fsp3) is 0.250. The first-order valence-electron chi connectivity index (χ1n) is 6.99. The number of hydrogen-bond donors (Lipinski definition) is 1. The van der Waals surface area contributed by atoms with Crippen LogP contribution in [-0.2, 0) is 6.42 Å². The summed E-state index contributed by atoms with van der Waals surface area (Å²) in [5.74, 6) is 1.58. The second kappa shape index (κ2) is 6.55. The Morgan fingerprint density at radius 2 is 2.00 bits per heavy atom. The Hall–Kier alpha value is -2.12. The van der Waals surface area contributed by atoms with Gasteiger partial charge in [0.2, 0.25) is 0 Å². The van der Waals surface area contributed by atoms with Crippen LogP contribution in [0.1, 0.15) is 16.3 Å². The maximum Gasteiger partial charge on any atom is 0.180 e. The molecule has 0 amide bonds. The molecule has 0 aliphatic rings. The lowest BCUT2D eigenvalue weighted by Gasteiger charge is -2.09. The van der Waals surface area contributed by atoms with E-state index in [0.29, 0.717) is 11.6 Å². The molecule has 2 N–H and O–H groups in total. The van der Waals surface area contributed by atoms with E-state index in [0.717, 1.165) is 38.3 Å². The highest BCUT2D eigenvalue weighted by atomic mass is 32.1. The van der Waals surface area contributed by atoms with Crippen LogP contribution < -0.4 is 15.2 Å². The van der Waals surface area contributed by atoms with Crippen molar-refractivity contribution in [1.29, 1.82) is 0 Å². The molecule has 7 heteroatoms. The molecule has 0 aliphatic carbocycles. The summed E-state index contributed by atoms with van der Waals surface area (Å²) in [5.41, 5.74) is 8.70. The summed E-state index contributed by atoms with van der Waals surface area (Å²) in [5, 5.41) is 3.64. The third-order valence-electron chi connectivity index (χ3n) is 3.43. The number of aryl methyl sites for hydroxylation is 1. The quantitative estimate of drug-likeness (QED) is 0.761. The largest absolute Gasteiger partial charge is 0.497 e. The number of aromatic nitrogens is 2. The van der Waals surface area contributed by atoms with E-state index in [4.69, 9.17) is 20.2 Å². The van der Waals surface area contributed by atoms with Crippen LogP contribution in [0, 0.1) is 6.92 Å². The van der Waals surface area contributed by atoms with Crippen molar-refractivity contribution in [3.8, 4) is 22.1 Å². The zero-order chi connectivity index (χ0) is 16.4.